The molecule has 130 valence electrons. The highest BCUT2D eigenvalue weighted by molar-refractivity contribution is 7.89. The Hall–Kier alpha value is -1.51. The molecule has 0 aromatic heterocycles. The van der Waals surface area contributed by atoms with Gasteiger partial charge in [0, 0.05) is 13.1 Å². The molecule has 1 aromatic carbocycles. The lowest BCUT2D eigenvalue weighted by Gasteiger charge is -2.19. The van der Waals surface area contributed by atoms with Crippen LogP contribution in [0.2, 0.25) is 5.02 Å². The minimum Gasteiger partial charge on any atom is -0.444 e. The maximum Gasteiger partial charge on any atom is 0.407 e. The summed E-state index contributed by atoms with van der Waals surface area (Å²) < 4.78 is 31.7. The van der Waals surface area contributed by atoms with Gasteiger partial charge in [-0.05, 0) is 45.4 Å². The van der Waals surface area contributed by atoms with E-state index in [0.717, 1.165) is 0 Å². The number of benzene rings is 1. The highest BCUT2D eigenvalue weighted by atomic mass is 35.5. The molecule has 1 rings (SSSR count). The fourth-order valence-corrected chi connectivity index (χ4v) is 2.93. The van der Waals surface area contributed by atoms with Crippen LogP contribution < -0.4 is 15.8 Å². The number of amides is 1. The highest BCUT2D eigenvalue weighted by Crippen LogP contribution is 2.26. The maximum absolute atomic E-state index is 12.2. The van der Waals surface area contributed by atoms with Crippen LogP contribution in [0.3, 0.4) is 0 Å². The number of carbonyl (C=O) groups is 1. The van der Waals surface area contributed by atoms with E-state index in [-0.39, 0.29) is 23.7 Å². The number of carbonyl (C=O) groups excluding carboxylic acids is 1. The smallest absolute Gasteiger partial charge is 0.407 e. The summed E-state index contributed by atoms with van der Waals surface area (Å²) in [7, 11) is -3.74. The van der Waals surface area contributed by atoms with Gasteiger partial charge in [0.25, 0.3) is 0 Å². The molecule has 0 saturated heterocycles. The molecule has 0 unspecified atom stereocenters. The van der Waals surface area contributed by atoms with Crippen LogP contribution >= 0.6 is 11.6 Å². The van der Waals surface area contributed by atoms with Crippen molar-refractivity contribution in [3.63, 3.8) is 0 Å². The normalized spacial score (nSPS) is 12.0. The number of nitrogens with two attached hydrogens (primary N) is 1. The molecule has 7 nitrogen and oxygen atoms in total. The number of ether oxygens (including phenoxy) is 1. The monoisotopic (exact) mass is 363 g/mol. The molecule has 0 spiro atoms. The lowest BCUT2D eigenvalue weighted by atomic mass is 10.2. The second-order valence-electron chi connectivity index (χ2n) is 5.97. The molecule has 0 aliphatic carbocycles. The van der Waals surface area contributed by atoms with Gasteiger partial charge in [-0.25, -0.2) is 17.9 Å². The molecule has 1 aromatic rings. The summed E-state index contributed by atoms with van der Waals surface area (Å²) in [5.41, 5.74) is 5.83. The Morgan fingerprint density at radius 1 is 1.30 bits per heavy atom. The van der Waals surface area contributed by atoms with E-state index in [1.165, 1.54) is 12.1 Å². The molecule has 4 N–H and O–H groups in total. The van der Waals surface area contributed by atoms with Gasteiger partial charge in [0.05, 0.1) is 15.6 Å². The van der Waals surface area contributed by atoms with Crippen LogP contribution in [-0.2, 0) is 14.8 Å². The summed E-state index contributed by atoms with van der Waals surface area (Å²) in [4.78, 5) is 11.5. The van der Waals surface area contributed by atoms with E-state index in [2.05, 4.69) is 10.0 Å². The third-order valence-corrected chi connectivity index (χ3v) is 4.61. The van der Waals surface area contributed by atoms with Gasteiger partial charge in [-0.2, -0.15) is 0 Å². The van der Waals surface area contributed by atoms with Crippen LogP contribution in [0.5, 0.6) is 0 Å². The van der Waals surface area contributed by atoms with Crippen molar-refractivity contribution in [3.05, 3.63) is 22.7 Å². The molecule has 9 heteroatoms. The summed E-state index contributed by atoms with van der Waals surface area (Å²) in [6.45, 7) is 6.99. The minimum atomic E-state index is -3.74. The molecule has 0 aliphatic heterocycles. The fraction of sp³-hybridized carbons (Fsp3) is 0.500. The Bertz CT molecular complexity index is 661. The van der Waals surface area contributed by atoms with Gasteiger partial charge in [-0.3, -0.25) is 0 Å². The summed E-state index contributed by atoms with van der Waals surface area (Å²) in [6.07, 6.45) is -0.608. The second kappa shape index (κ2) is 7.37. The van der Waals surface area contributed by atoms with E-state index < -0.39 is 21.7 Å². The van der Waals surface area contributed by atoms with E-state index in [1.807, 2.05) is 0 Å². The molecule has 0 heterocycles. The zero-order valence-corrected chi connectivity index (χ0v) is 15.1. The summed E-state index contributed by atoms with van der Waals surface area (Å²) in [5, 5.41) is 2.79. The molecule has 0 atom stereocenters. The van der Waals surface area contributed by atoms with Crippen LogP contribution in [-0.4, -0.2) is 33.2 Å². The number of alkyl carbamates (subject to hydrolysis) is 1. The van der Waals surface area contributed by atoms with Gasteiger partial charge in [-0.15, -0.1) is 0 Å². The minimum absolute atomic E-state index is 0.0170. The van der Waals surface area contributed by atoms with Crippen molar-refractivity contribution in [1.82, 2.24) is 10.0 Å². The highest BCUT2D eigenvalue weighted by Gasteiger charge is 2.18. The first kappa shape index (κ1) is 19.5. The van der Waals surface area contributed by atoms with Crippen molar-refractivity contribution in [3.8, 4) is 0 Å². The molecule has 0 bridgehead atoms. The van der Waals surface area contributed by atoms with Crippen molar-refractivity contribution < 1.29 is 17.9 Å². The largest absolute Gasteiger partial charge is 0.444 e. The average Bonchev–Trinajstić information content (AvgIpc) is 2.38. The molecular weight excluding hydrogens is 342 g/mol. The Kier molecular flexibility index (Phi) is 6.26. The Morgan fingerprint density at radius 2 is 1.91 bits per heavy atom. The number of anilines is 1. The van der Waals surface area contributed by atoms with Crippen LogP contribution in [0.25, 0.3) is 0 Å². The van der Waals surface area contributed by atoms with Crippen molar-refractivity contribution in [2.45, 2.75) is 38.2 Å². The van der Waals surface area contributed by atoms with Gasteiger partial charge in [0.1, 0.15) is 5.60 Å². The number of halogens is 1. The van der Waals surface area contributed by atoms with Crippen molar-refractivity contribution in [2.75, 3.05) is 18.8 Å². The molecule has 0 aliphatic rings. The third kappa shape index (κ3) is 6.25. The summed E-state index contributed by atoms with van der Waals surface area (Å²) in [6, 6.07) is 2.72. The lowest BCUT2D eigenvalue weighted by Crippen LogP contribution is -2.37. The number of aryl methyl sites for hydroxylation is 1. The standard InChI is InChI=1S/C14H22ClN3O4S/c1-9-7-10(8-11(16)12(9)15)23(20,21)18-6-5-17-13(19)22-14(2,3)4/h7-8,18H,5-6,16H2,1-4H3,(H,17,19). The lowest BCUT2D eigenvalue weighted by molar-refractivity contribution is 0.0529. The zero-order chi connectivity index (χ0) is 17.8. The van der Waals surface area contributed by atoms with Crippen LogP contribution in [0.1, 0.15) is 26.3 Å². The summed E-state index contributed by atoms with van der Waals surface area (Å²) in [5.74, 6) is 0. The average molecular weight is 364 g/mol. The number of nitrogens with one attached hydrogen (secondary N) is 2. The Balaban J connectivity index is 2.59. The van der Waals surface area contributed by atoms with Crippen LogP contribution in [0.15, 0.2) is 17.0 Å². The van der Waals surface area contributed by atoms with Gasteiger partial charge in [0.2, 0.25) is 10.0 Å². The van der Waals surface area contributed by atoms with Crippen LogP contribution in [0, 0.1) is 6.92 Å². The number of hydrogen-bond donors (Lipinski definition) is 3. The van der Waals surface area contributed by atoms with E-state index in [9.17, 15) is 13.2 Å². The first-order chi connectivity index (χ1) is 10.4. The first-order valence-corrected chi connectivity index (χ1v) is 8.80. The molecule has 0 fully saturated rings. The number of hydrogen-bond acceptors (Lipinski definition) is 5. The van der Waals surface area contributed by atoms with E-state index in [4.69, 9.17) is 22.1 Å². The van der Waals surface area contributed by atoms with Crippen molar-refractivity contribution in [2.24, 2.45) is 0 Å². The fourth-order valence-electron chi connectivity index (χ4n) is 1.67. The van der Waals surface area contributed by atoms with Crippen LogP contribution in [0.4, 0.5) is 10.5 Å². The predicted octanol–water partition coefficient (Wildman–Crippen LogP) is 2.03. The van der Waals surface area contributed by atoms with Gasteiger partial charge in [-0.1, -0.05) is 11.6 Å². The molecular formula is C14H22ClN3O4S. The van der Waals surface area contributed by atoms with Gasteiger partial charge in [0.15, 0.2) is 0 Å². The second-order valence-corrected chi connectivity index (χ2v) is 8.11. The maximum atomic E-state index is 12.2. The SMILES string of the molecule is Cc1cc(S(=O)(=O)NCCNC(=O)OC(C)(C)C)cc(N)c1Cl. The first-order valence-electron chi connectivity index (χ1n) is 6.94. The van der Waals surface area contributed by atoms with Crippen molar-refractivity contribution in [1.29, 1.82) is 0 Å². The topological polar surface area (TPSA) is 111 Å². The Labute approximate surface area is 141 Å². The predicted molar refractivity (Wildman–Crippen MR) is 90.0 cm³/mol. The number of nitrogen functional groups attached to an aromatic ring is 1. The summed E-state index contributed by atoms with van der Waals surface area (Å²) >= 11 is 5.91. The molecule has 1 amide bonds. The van der Waals surface area contributed by atoms with Gasteiger partial charge >= 0.3 is 6.09 Å². The van der Waals surface area contributed by atoms with E-state index in [0.29, 0.717) is 10.6 Å². The third-order valence-electron chi connectivity index (χ3n) is 2.65. The molecule has 23 heavy (non-hydrogen) atoms. The molecule has 0 saturated carbocycles. The van der Waals surface area contributed by atoms with Gasteiger partial charge < -0.3 is 15.8 Å². The quantitative estimate of drug-likeness (QED) is 0.547. The van der Waals surface area contributed by atoms with E-state index in [1.54, 1.807) is 27.7 Å². The Morgan fingerprint density at radius 3 is 2.43 bits per heavy atom. The van der Waals surface area contributed by atoms with Crippen molar-refractivity contribution >= 4 is 33.4 Å². The number of sulfonamides is 1. The van der Waals surface area contributed by atoms with E-state index >= 15 is 0 Å². The zero-order valence-electron chi connectivity index (χ0n) is 13.6. The number of rotatable bonds is 5. The molecule has 0 radical (unpaired) electrons.